The second-order valence-corrected chi connectivity index (χ2v) is 8.03. The van der Waals surface area contributed by atoms with Gasteiger partial charge in [0.05, 0.1) is 4.91 Å². The zero-order valence-corrected chi connectivity index (χ0v) is 16.8. The van der Waals surface area contributed by atoms with Crippen molar-refractivity contribution in [1.82, 2.24) is 4.90 Å². The molecule has 4 nitrogen and oxygen atoms in total. The molecule has 0 atom stereocenters. The topological polar surface area (TPSA) is 49.4 Å². The van der Waals surface area contributed by atoms with Gasteiger partial charge in [0.2, 0.25) is 5.91 Å². The van der Waals surface area contributed by atoms with Crippen LogP contribution in [0.4, 0.5) is 5.69 Å². The van der Waals surface area contributed by atoms with E-state index in [9.17, 15) is 9.59 Å². The third-order valence-electron chi connectivity index (χ3n) is 4.21. The number of hydrogen-bond acceptors (Lipinski definition) is 4. The van der Waals surface area contributed by atoms with E-state index in [2.05, 4.69) is 5.32 Å². The lowest BCUT2D eigenvalue weighted by Gasteiger charge is -2.14. The van der Waals surface area contributed by atoms with Gasteiger partial charge < -0.3 is 5.32 Å². The van der Waals surface area contributed by atoms with E-state index in [1.165, 1.54) is 16.7 Å². The molecule has 2 aromatic rings. The number of thiocarbonyl (C=S) groups is 1. The molecule has 2 aromatic carbocycles. The average molecular weight is 397 g/mol. The largest absolute Gasteiger partial charge is 0.326 e. The van der Waals surface area contributed by atoms with Crippen molar-refractivity contribution in [2.24, 2.45) is 0 Å². The molecule has 3 rings (SSSR count). The van der Waals surface area contributed by atoms with Crippen molar-refractivity contribution in [2.75, 3.05) is 11.9 Å². The minimum atomic E-state index is -0.142. The Morgan fingerprint density at radius 1 is 1.19 bits per heavy atom. The molecule has 27 heavy (non-hydrogen) atoms. The number of carbonyl (C=O) groups excluding carboxylic acids is 2. The van der Waals surface area contributed by atoms with E-state index in [-0.39, 0.29) is 24.8 Å². The molecule has 1 fully saturated rings. The predicted octanol–water partition coefficient (Wildman–Crippen LogP) is 4.53. The number of amides is 2. The van der Waals surface area contributed by atoms with Gasteiger partial charge in [0, 0.05) is 18.7 Å². The molecule has 1 saturated heterocycles. The fraction of sp³-hybridized carbons (Fsp3) is 0.190. The number of hydrogen-bond donors (Lipinski definition) is 1. The van der Waals surface area contributed by atoms with Crippen molar-refractivity contribution in [2.45, 2.75) is 20.3 Å². The van der Waals surface area contributed by atoms with Crippen LogP contribution in [-0.2, 0) is 9.59 Å². The minimum absolute atomic E-state index is 0.141. The molecule has 1 heterocycles. The maximum atomic E-state index is 12.7. The molecule has 0 bridgehead atoms. The van der Waals surface area contributed by atoms with Gasteiger partial charge in [-0.15, -0.1) is 0 Å². The summed E-state index contributed by atoms with van der Waals surface area (Å²) in [4.78, 5) is 27.0. The lowest BCUT2D eigenvalue weighted by Crippen LogP contribution is -2.31. The molecule has 0 aliphatic carbocycles. The Balaban J connectivity index is 1.62. The average Bonchev–Trinajstić information content (AvgIpc) is 2.88. The van der Waals surface area contributed by atoms with Gasteiger partial charge in [0.15, 0.2) is 0 Å². The molecule has 0 radical (unpaired) electrons. The summed E-state index contributed by atoms with van der Waals surface area (Å²) in [6.45, 7) is 4.24. The zero-order valence-electron chi connectivity index (χ0n) is 15.2. The van der Waals surface area contributed by atoms with Crippen molar-refractivity contribution in [3.63, 3.8) is 0 Å². The number of aryl methyl sites for hydroxylation is 2. The molecule has 0 aromatic heterocycles. The first-order valence-electron chi connectivity index (χ1n) is 8.61. The number of anilines is 1. The van der Waals surface area contributed by atoms with E-state index in [0.717, 1.165) is 22.4 Å². The van der Waals surface area contributed by atoms with Crippen molar-refractivity contribution in [1.29, 1.82) is 0 Å². The van der Waals surface area contributed by atoms with Gasteiger partial charge in [-0.05, 0) is 48.7 Å². The smallest absolute Gasteiger partial charge is 0.266 e. The van der Waals surface area contributed by atoms with Crippen LogP contribution in [-0.4, -0.2) is 27.6 Å². The maximum Gasteiger partial charge on any atom is 0.266 e. The number of nitrogens with one attached hydrogen (secondary N) is 1. The summed E-state index contributed by atoms with van der Waals surface area (Å²) >= 11 is 6.62. The Bertz CT molecular complexity index is 937. The fourth-order valence-electron chi connectivity index (χ4n) is 2.74. The molecule has 0 spiro atoms. The molecular weight excluding hydrogens is 376 g/mol. The van der Waals surface area contributed by atoms with Crippen LogP contribution >= 0.6 is 24.0 Å². The van der Waals surface area contributed by atoms with Crippen LogP contribution in [0.15, 0.2) is 53.4 Å². The molecule has 1 aliphatic heterocycles. The number of benzene rings is 2. The van der Waals surface area contributed by atoms with Crippen molar-refractivity contribution in [3.8, 4) is 0 Å². The van der Waals surface area contributed by atoms with Crippen LogP contribution in [0.2, 0.25) is 0 Å². The summed E-state index contributed by atoms with van der Waals surface area (Å²) in [5.74, 6) is -0.283. The SMILES string of the molecule is Cc1cccc(NC(=O)CCN2C(=O)/C(=C/c3ccccc3C)SC2=S)c1. The highest BCUT2D eigenvalue weighted by atomic mass is 32.2. The lowest BCUT2D eigenvalue weighted by atomic mass is 10.1. The molecule has 138 valence electrons. The summed E-state index contributed by atoms with van der Waals surface area (Å²) in [5, 5.41) is 2.85. The predicted molar refractivity (Wildman–Crippen MR) is 115 cm³/mol. The highest BCUT2D eigenvalue weighted by Crippen LogP contribution is 2.33. The van der Waals surface area contributed by atoms with Crippen LogP contribution in [0.5, 0.6) is 0 Å². The fourth-order valence-corrected chi connectivity index (χ4v) is 4.04. The van der Waals surface area contributed by atoms with E-state index < -0.39 is 0 Å². The number of thioether (sulfide) groups is 1. The lowest BCUT2D eigenvalue weighted by molar-refractivity contribution is -0.122. The Kier molecular flexibility index (Phi) is 6.08. The summed E-state index contributed by atoms with van der Waals surface area (Å²) in [6.07, 6.45) is 2.06. The van der Waals surface area contributed by atoms with E-state index in [0.29, 0.717) is 9.23 Å². The van der Waals surface area contributed by atoms with Gasteiger partial charge in [-0.1, -0.05) is 60.4 Å². The summed E-state index contributed by atoms with van der Waals surface area (Å²) in [6, 6.07) is 15.5. The van der Waals surface area contributed by atoms with Gasteiger partial charge in [-0.2, -0.15) is 0 Å². The molecule has 1 N–H and O–H groups in total. The third-order valence-corrected chi connectivity index (χ3v) is 5.59. The number of nitrogens with zero attached hydrogens (tertiary/aromatic N) is 1. The van der Waals surface area contributed by atoms with Gasteiger partial charge in [-0.25, -0.2) is 0 Å². The Morgan fingerprint density at radius 3 is 2.70 bits per heavy atom. The van der Waals surface area contributed by atoms with E-state index in [1.54, 1.807) is 0 Å². The number of rotatable bonds is 5. The Morgan fingerprint density at radius 2 is 1.96 bits per heavy atom. The van der Waals surface area contributed by atoms with Gasteiger partial charge in [-0.3, -0.25) is 14.5 Å². The van der Waals surface area contributed by atoms with Crippen LogP contribution in [0.3, 0.4) is 0 Å². The second kappa shape index (κ2) is 8.50. The first-order valence-corrected chi connectivity index (χ1v) is 9.84. The first kappa shape index (κ1) is 19.3. The number of carbonyl (C=O) groups is 2. The molecule has 0 saturated carbocycles. The van der Waals surface area contributed by atoms with Gasteiger partial charge in [0.25, 0.3) is 5.91 Å². The Labute approximate surface area is 168 Å². The van der Waals surface area contributed by atoms with Gasteiger partial charge in [0.1, 0.15) is 4.32 Å². The van der Waals surface area contributed by atoms with Crippen LogP contribution in [0.25, 0.3) is 6.08 Å². The van der Waals surface area contributed by atoms with E-state index in [1.807, 2.05) is 68.5 Å². The molecule has 2 amide bonds. The van der Waals surface area contributed by atoms with Crippen molar-refractivity contribution in [3.05, 3.63) is 70.1 Å². The summed E-state index contributed by atoms with van der Waals surface area (Å²) in [5.41, 5.74) is 3.92. The molecule has 6 heteroatoms. The van der Waals surface area contributed by atoms with Crippen molar-refractivity contribution >= 4 is 51.9 Å². The maximum absolute atomic E-state index is 12.7. The van der Waals surface area contributed by atoms with Gasteiger partial charge >= 0.3 is 0 Å². The Hall–Kier alpha value is -2.44. The van der Waals surface area contributed by atoms with Crippen LogP contribution < -0.4 is 5.32 Å². The van der Waals surface area contributed by atoms with Crippen LogP contribution in [0.1, 0.15) is 23.1 Å². The quantitative estimate of drug-likeness (QED) is 0.596. The highest BCUT2D eigenvalue weighted by molar-refractivity contribution is 8.26. The van der Waals surface area contributed by atoms with Crippen LogP contribution in [0, 0.1) is 13.8 Å². The molecular formula is C21H20N2O2S2. The summed E-state index contributed by atoms with van der Waals surface area (Å²) < 4.78 is 0.489. The third kappa shape index (κ3) is 4.84. The highest BCUT2D eigenvalue weighted by Gasteiger charge is 2.32. The van der Waals surface area contributed by atoms with E-state index >= 15 is 0 Å². The summed E-state index contributed by atoms with van der Waals surface area (Å²) in [7, 11) is 0. The minimum Gasteiger partial charge on any atom is -0.326 e. The first-order chi connectivity index (χ1) is 12.9. The van der Waals surface area contributed by atoms with E-state index in [4.69, 9.17) is 12.2 Å². The monoisotopic (exact) mass is 396 g/mol. The zero-order chi connectivity index (χ0) is 19.4. The molecule has 0 unspecified atom stereocenters. The second-order valence-electron chi connectivity index (χ2n) is 6.36. The van der Waals surface area contributed by atoms with Crippen molar-refractivity contribution < 1.29 is 9.59 Å². The normalized spacial score (nSPS) is 15.5. The standard InChI is InChI=1S/C21H20N2O2S2/c1-14-6-5-9-17(12-14)22-19(24)10-11-23-20(25)18(27-21(23)26)13-16-8-4-3-7-15(16)2/h3-9,12-13H,10-11H2,1-2H3,(H,22,24)/b18-13-. The molecule has 1 aliphatic rings.